The van der Waals surface area contributed by atoms with Crippen LogP contribution in [0.2, 0.25) is 0 Å². The molecule has 3 aromatic rings. The highest BCUT2D eigenvalue weighted by Crippen LogP contribution is 2.16. The topological polar surface area (TPSA) is 99.2 Å². The first-order chi connectivity index (χ1) is 9.78. The Labute approximate surface area is 114 Å². The third kappa shape index (κ3) is 2.20. The molecule has 0 bridgehead atoms. The lowest BCUT2D eigenvalue weighted by molar-refractivity contribution is 0.758. The van der Waals surface area contributed by atoms with E-state index in [-0.39, 0.29) is 0 Å². The average Bonchev–Trinajstić information content (AvgIpc) is 3.09. The number of hydrogen-bond acceptors (Lipinski definition) is 7. The minimum Gasteiger partial charge on any atom is -0.354 e. The fraction of sp³-hybridized carbons (Fsp3) is 0.273. The van der Waals surface area contributed by atoms with Crippen molar-refractivity contribution >= 4 is 5.95 Å². The van der Waals surface area contributed by atoms with Crippen molar-refractivity contribution in [2.75, 3.05) is 11.9 Å². The van der Waals surface area contributed by atoms with Crippen LogP contribution in [0.15, 0.2) is 24.9 Å². The maximum absolute atomic E-state index is 4.40. The van der Waals surface area contributed by atoms with Gasteiger partial charge in [0.15, 0.2) is 5.82 Å². The van der Waals surface area contributed by atoms with Crippen molar-refractivity contribution in [3.05, 3.63) is 24.9 Å². The minimum absolute atomic E-state index is 0.407. The molecule has 0 radical (unpaired) electrons. The van der Waals surface area contributed by atoms with E-state index in [9.17, 15) is 0 Å². The monoisotopic (exact) mass is 271 g/mol. The number of nitrogens with one attached hydrogen (secondary N) is 1. The highest BCUT2D eigenvalue weighted by atomic mass is 15.4. The molecule has 0 aliphatic carbocycles. The summed E-state index contributed by atoms with van der Waals surface area (Å²) in [4.78, 5) is 17.0. The lowest BCUT2D eigenvalue weighted by Gasteiger charge is -2.07. The molecule has 0 aromatic carbocycles. The molecule has 9 heteroatoms. The van der Waals surface area contributed by atoms with E-state index < -0.39 is 0 Å². The predicted molar refractivity (Wildman–Crippen MR) is 71.1 cm³/mol. The highest BCUT2D eigenvalue weighted by Gasteiger charge is 2.12. The first-order valence-corrected chi connectivity index (χ1v) is 6.11. The van der Waals surface area contributed by atoms with Crippen LogP contribution in [0.4, 0.5) is 5.95 Å². The van der Waals surface area contributed by atoms with Crippen LogP contribution >= 0.6 is 0 Å². The van der Waals surface area contributed by atoms with Gasteiger partial charge in [-0.1, -0.05) is 0 Å². The van der Waals surface area contributed by atoms with Crippen molar-refractivity contribution in [1.82, 2.24) is 39.5 Å². The van der Waals surface area contributed by atoms with Crippen LogP contribution in [0, 0.1) is 0 Å². The molecule has 0 unspecified atom stereocenters. The van der Waals surface area contributed by atoms with Crippen LogP contribution in [0.25, 0.3) is 17.5 Å². The number of anilines is 1. The molecule has 102 valence electrons. The Bertz CT molecular complexity index is 701. The average molecular weight is 271 g/mol. The molecular formula is C11H13N9. The van der Waals surface area contributed by atoms with Crippen molar-refractivity contribution in [3.63, 3.8) is 0 Å². The van der Waals surface area contributed by atoms with Crippen molar-refractivity contribution in [3.8, 4) is 17.5 Å². The van der Waals surface area contributed by atoms with Crippen LogP contribution in [0.3, 0.4) is 0 Å². The third-order valence-electron chi connectivity index (χ3n) is 2.63. The molecular weight excluding hydrogens is 258 g/mol. The molecule has 9 nitrogen and oxygen atoms in total. The molecule has 0 saturated carbocycles. The van der Waals surface area contributed by atoms with Gasteiger partial charge in [0.25, 0.3) is 5.95 Å². The molecule has 1 N–H and O–H groups in total. The smallest absolute Gasteiger partial charge is 0.257 e. The van der Waals surface area contributed by atoms with Gasteiger partial charge in [-0.05, 0) is 13.0 Å². The molecule has 3 rings (SSSR count). The standard InChI is InChI=1S/C11H13N9/c1-3-13-10-16-9(8-4-5-14-19(8)2)17-11(18-10)20-7-12-6-15-20/h4-7H,3H2,1-2H3,(H,13,16,17,18). The van der Waals surface area contributed by atoms with E-state index >= 15 is 0 Å². The minimum atomic E-state index is 0.407. The Hall–Kier alpha value is -2.84. The summed E-state index contributed by atoms with van der Waals surface area (Å²) in [7, 11) is 1.83. The fourth-order valence-corrected chi connectivity index (χ4v) is 1.72. The summed E-state index contributed by atoms with van der Waals surface area (Å²) in [6, 6.07) is 1.84. The van der Waals surface area contributed by atoms with Gasteiger partial charge in [-0.3, -0.25) is 4.68 Å². The van der Waals surface area contributed by atoms with E-state index in [1.165, 1.54) is 17.3 Å². The van der Waals surface area contributed by atoms with E-state index in [1.54, 1.807) is 10.9 Å². The van der Waals surface area contributed by atoms with Crippen LogP contribution in [0.5, 0.6) is 0 Å². The fourth-order valence-electron chi connectivity index (χ4n) is 1.72. The second kappa shape index (κ2) is 5.03. The van der Waals surface area contributed by atoms with E-state index in [2.05, 4.69) is 35.5 Å². The first-order valence-electron chi connectivity index (χ1n) is 6.11. The molecule has 0 spiro atoms. The third-order valence-corrected chi connectivity index (χ3v) is 2.63. The van der Waals surface area contributed by atoms with Crippen molar-refractivity contribution in [2.45, 2.75) is 6.92 Å². The number of nitrogens with zero attached hydrogens (tertiary/aromatic N) is 8. The quantitative estimate of drug-likeness (QED) is 0.727. The van der Waals surface area contributed by atoms with Crippen LogP contribution < -0.4 is 5.32 Å². The Morgan fingerprint density at radius 2 is 2.10 bits per heavy atom. The zero-order valence-corrected chi connectivity index (χ0v) is 11.1. The number of hydrogen-bond donors (Lipinski definition) is 1. The van der Waals surface area contributed by atoms with E-state index in [4.69, 9.17) is 0 Å². The summed E-state index contributed by atoms with van der Waals surface area (Å²) in [6.45, 7) is 2.69. The summed E-state index contributed by atoms with van der Waals surface area (Å²) >= 11 is 0. The van der Waals surface area contributed by atoms with Gasteiger partial charge >= 0.3 is 0 Å². The molecule has 0 fully saturated rings. The zero-order chi connectivity index (χ0) is 13.9. The van der Waals surface area contributed by atoms with E-state index in [0.29, 0.717) is 24.3 Å². The van der Waals surface area contributed by atoms with Crippen LogP contribution in [-0.2, 0) is 7.05 Å². The van der Waals surface area contributed by atoms with Gasteiger partial charge in [-0.2, -0.15) is 29.8 Å². The predicted octanol–water partition coefficient (Wildman–Crippen LogP) is 0.285. The maximum Gasteiger partial charge on any atom is 0.257 e. The zero-order valence-electron chi connectivity index (χ0n) is 11.1. The van der Waals surface area contributed by atoms with Gasteiger partial charge < -0.3 is 5.32 Å². The Balaban J connectivity index is 2.12. The normalized spacial score (nSPS) is 10.7. The Morgan fingerprint density at radius 1 is 1.20 bits per heavy atom. The molecule has 0 saturated heterocycles. The molecule has 3 heterocycles. The molecule has 0 aliphatic heterocycles. The Kier molecular flexibility index (Phi) is 3.07. The van der Waals surface area contributed by atoms with Crippen LogP contribution in [0.1, 0.15) is 6.92 Å². The maximum atomic E-state index is 4.40. The van der Waals surface area contributed by atoms with E-state index in [0.717, 1.165) is 5.69 Å². The second-order valence-corrected chi connectivity index (χ2v) is 3.99. The lowest BCUT2D eigenvalue weighted by Crippen LogP contribution is -2.11. The SMILES string of the molecule is CCNc1nc(-c2ccnn2C)nc(-n2cncn2)n1. The van der Waals surface area contributed by atoms with Gasteiger partial charge in [0.2, 0.25) is 5.95 Å². The first kappa shape index (κ1) is 12.2. The summed E-state index contributed by atoms with van der Waals surface area (Å²) in [5.41, 5.74) is 0.799. The van der Waals surface area contributed by atoms with Gasteiger partial charge in [0, 0.05) is 19.8 Å². The number of aryl methyl sites for hydroxylation is 1. The van der Waals surface area contributed by atoms with Gasteiger partial charge in [0.1, 0.15) is 18.3 Å². The van der Waals surface area contributed by atoms with Crippen molar-refractivity contribution < 1.29 is 0 Å². The summed E-state index contributed by atoms with van der Waals surface area (Å²) < 4.78 is 3.19. The van der Waals surface area contributed by atoms with Crippen molar-refractivity contribution in [1.29, 1.82) is 0 Å². The Morgan fingerprint density at radius 3 is 2.75 bits per heavy atom. The molecule has 0 aliphatic rings. The molecule has 20 heavy (non-hydrogen) atoms. The van der Waals surface area contributed by atoms with Crippen molar-refractivity contribution in [2.24, 2.45) is 7.05 Å². The van der Waals surface area contributed by atoms with Gasteiger partial charge in [-0.25, -0.2) is 4.98 Å². The lowest BCUT2D eigenvalue weighted by atomic mass is 10.4. The van der Waals surface area contributed by atoms with Crippen LogP contribution in [-0.4, -0.2) is 46.0 Å². The largest absolute Gasteiger partial charge is 0.354 e. The summed E-state index contributed by atoms with van der Waals surface area (Å²) in [5, 5.41) is 11.2. The summed E-state index contributed by atoms with van der Waals surface area (Å²) in [6.07, 6.45) is 4.67. The van der Waals surface area contributed by atoms with Gasteiger partial charge in [-0.15, -0.1) is 0 Å². The molecule has 3 aromatic heterocycles. The van der Waals surface area contributed by atoms with Gasteiger partial charge in [0.05, 0.1) is 0 Å². The summed E-state index contributed by atoms with van der Waals surface area (Å²) in [5.74, 6) is 1.43. The second-order valence-electron chi connectivity index (χ2n) is 3.99. The molecule has 0 amide bonds. The number of rotatable bonds is 4. The molecule has 0 atom stereocenters. The van der Waals surface area contributed by atoms with E-state index in [1.807, 2.05) is 20.0 Å². The number of aromatic nitrogens is 8. The highest BCUT2D eigenvalue weighted by molar-refractivity contribution is 5.51.